The van der Waals surface area contributed by atoms with Gasteiger partial charge in [-0.25, -0.2) is 18.4 Å². The predicted molar refractivity (Wildman–Crippen MR) is 123 cm³/mol. The van der Waals surface area contributed by atoms with Gasteiger partial charge in [0.1, 0.15) is 6.07 Å². The van der Waals surface area contributed by atoms with Gasteiger partial charge in [-0.1, -0.05) is 36.0 Å². The second kappa shape index (κ2) is 10.3. The number of carbonyl (C=O) groups is 2. The van der Waals surface area contributed by atoms with Crippen molar-refractivity contribution in [1.29, 1.82) is 5.26 Å². The number of hydrogen-bond acceptors (Lipinski definition) is 7. The molecule has 3 N–H and O–H groups in total. The molecule has 10 heteroatoms. The van der Waals surface area contributed by atoms with Gasteiger partial charge in [-0.15, -0.1) is 0 Å². The Kier molecular flexibility index (Phi) is 7.50. The Balaban J connectivity index is 1.70. The number of benzene rings is 3. The van der Waals surface area contributed by atoms with Crippen LogP contribution >= 0.6 is 11.8 Å². The van der Waals surface area contributed by atoms with E-state index in [0.29, 0.717) is 21.0 Å². The molecule has 0 saturated carbocycles. The molecule has 0 spiro atoms. The lowest BCUT2D eigenvalue weighted by Gasteiger charge is -2.15. The van der Waals surface area contributed by atoms with Crippen molar-refractivity contribution in [2.75, 3.05) is 5.32 Å². The standard InChI is InChI=1S/C23H19N3O5S2/c1-15(22(27)26-17-10-12-18(13-11-17)33(25,29)30)31-23(28)19-7-3-5-9-21(19)32-20-8-4-2-6-16(20)14-24/h2-13,15H,1H3,(H,26,27)(H2,25,29,30). The Morgan fingerprint density at radius 2 is 1.61 bits per heavy atom. The van der Waals surface area contributed by atoms with Crippen LogP contribution in [0.25, 0.3) is 0 Å². The van der Waals surface area contributed by atoms with E-state index in [2.05, 4.69) is 11.4 Å². The molecule has 1 unspecified atom stereocenters. The van der Waals surface area contributed by atoms with Gasteiger partial charge in [-0.2, -0.15) is 5.26 Å². The van der Waals surface area contributed by atoms with Crippen LogP contribution in [-0.2, 0) is 19.6 Å². The number of amides is 1. The van der Waals surface area contributed by atoms with E-state index >= 15 is 0 Å². The fraction of sp³-hybridized carbons (Fsp3) is 0.0870. The van der Waals surface area contributed by atoms with Crippen LogP contribution in [0, 0.1) is 11.3 Å². The lowest BCUT2D eigenvalue weighted by molar-refractivity contribution is -0.123. The predicted octanol–water partition coefficient (Wildman–Crippen LogP) is 3.54. The highest BCUT2D eigenvalue weighted by atomic mass is 32.2. The summed E-state index contributed by atoms with van der Waals surface area (Å²) in [5, 5.41) is 16.9. The summed E-state index contributed by atoms with van der Waals surface area (Å²) in [6.45, 7) is 1.42. The Bertz CT molecular complexity index is 1330. The van der Waals surface area contributed by atoms with Crippen LogP contribution in [0.1, 0.15) is 22.8 Å². The molecular formula is C23H19N3O5S2. The van der Waals surface area contributed by atoms with Gasteiger partial charge in [0.25, 0.3) is 5.91 Å². The van der Waals surface area contributed by atoms with E-state index < -0.39 is 28.0 Å². The molecule has 0 saturated heterocycles. The minimum Gasteiger partial charge on any atom is -0.449 e. The van der Waals surface area contributed by atoms with Crippen LogP contribution in [0.5, 0.6) is 0 Å². The summed E-state index contributed by atoms with van der Waals surface area (Å²) in [5.41, 5.74) is 1.05. The smallest absolute Gasteiger partial charge is 0.340 e. The van der Waals surface area contributed by atoms with Crippen LogP contribution in [0.2, 0.25) is 0 Å². The van der Waals surface area contributed by atoms with Crippen molar-refractivity contribution in [3.63, 3.8) is 0 Å². The topological polar surface area (TPSA) is 139 Å². The Labute approximate surface area is 195 Å². The second-order valence-corrected chi connectivity index (χ2v) is 9.46. The third-order valence-corrected chi connectivity index (χ3v) is 6.52. The molecule has 3 rings (SSSR count). The van der Waals surface area contributed by atoms with Crippen LogP contribution in [0.15, 0.2) is 87.5 Å². The number of carbonyl (C=O) groups excluding carboxylic acids is 2. The zero-order chi connectivity index (χ0) is 24.0. The Morgan fingerprint density at radius 1 is 1.00 bits per heavy atom. The maximum absolute atomic E-state index is 12.8. The largest absolute Gasteiger partial charge is 0.449 e. The maximum atomic E-state index is 12.8. The minimum atomic E-state index is -3.84. The number of sulfonamides is 1. The fourth-order valence-electron chi connectivity index (χ4n) is 2.74. The van der Waals surface area contributed by atoms with Crippen LogP contribution in [0.4, 0.5) is 5.69 Å². The molecule has 0 radical (unpaired) electrons. The van der Waals surface area contributed by atoms with E-state index in [0.717, 1.165) is 0 Å². The number of nitrogens with two attached hydrogens (primary N) is 1. The molecule has 0 aliphatic rings. The number of anilines is 1. The maximum Gasteiger partial charge on any atom is 0.340 e. The molecule has 0 fully saturated rings. The Morgan fingerprint density at radius 3 is 2.24 bits per heavy atom. The van der Waals surface area contributed by atoms with E-state index in [1.807, 2.05) is 0 Å². The quantitative estimate of drug-likeness (QED) is 0.492. The highest BCUT2D eigenvalue weighted by Crippen LogP contribution is 2.33. The zero-order valence-corrected chi connectivity index (χ0v) is 19.0. The normalized spacial score (nSPS) is 11.8. The molecule has 33 heavy (non-hydrogen) atoms. The lowest BCUT2D eigenvalue weighted by atomic mass is 10.2. The van der Waals surface area contributed by atoms with Gasteiger partial charge < -0.3 is 10.1 Å². The van der Waals surface area contributed by atoms with Gasteiger partial charge >= 0.3 is 5.97 Å². The van der Waals surface area contributed by atoms with E-state index in [1.54, 1.807) is 48.5 Å². The van der Waals surface area contributed by atoms with Gasteiger partial charge in [0.15, 0.2) is 6.10 Å². The monoisotopic (exact) mass is 481 g/mol. The van der Waals surface area contributed by atoms with Crippen molar-refractivity contribution in [3.05, 3.63) is 83.9 Å². The molecule has 0 heterocycles. The fourth-order valence-corrected chi connectivity index (χ4v) is 4.27. The highest BCUT2D eigenvalue weighted by Gasteiger charge is 2.22. The first-order valence-corrected chi connectivity index (χ1v) is 12.0. The molecule has 1 amide bonds. The number of ether oxygens (including phenoxy) is 1. The van der Waals surface area contributed by atoms with Crippen molar-refractivity contribution in [3.8, 4) is 6.07 Å². The molecule has 168 valence electrons. The molecule has 3 aromatic carbocycles. The number of nitrogens with zero attached hydrogens (tertiary/aromatic N) is 1. The lowest BCUT2D eigenvalue weighted by Crippen LogP contribution is -2.30. The van der Waals surface area contributed by atoms with Gasteiger partial charge in [0.05, 0.1) is 16.0 Å². The van der Waals surface area contributed by atoms with Crippen molar-refractivity contribution < 1.29 is 22.7 Å². The van der Waals surface area contributed by atoms with E-state index in [9.17, 15) is 23.3 Å². The number of esters is 1. The third-order valence-electron chi connectivity index (χ3n) is 4.44. The van der Waals surface area contributed by atoms with Crippen molar-refractivity contribution >= 4 is 39.3 Å². The first-order chi connectivity index (χ1) is 15.7. The molecule has 8 nitrogen and oxygen atoms in total. The van der Waals surface area contributed by atoms with Gasteiger partial charge in [-0.05, 0) is 55.5 Å². The number of nitrogens with one attached hydrogen (secondary N) is 1. The zero-order valence-electron chi connectivity index (χ0n) is 17.4. The second-order valence-electron chi connectivity index (χ2n) is 6.81. The number of primary sulfonamides is 1. The average Bonchev–Trinajstić information content (AvgIpc) is 2.79. The third kappa shape index (κ3) is 6.20. The molecule has 0 aliphatic heterocycles. The van der Waals surface area contributed by atoms with Gasteiger partial charge in [-0.3, -0.25) is 4.79 Å². The summed E-state index contributed by atoms with van der Waals surface area (Å²) in [5.74, 6) is -1.29. The molecule has 0 aromatic heterocycles. The van der Waals surface area contributed by atoms with Gasteiger partial charge in [0, 0.05) is 15.5 Å². The van der Waals surface area contributed by atoms with E-state index in [-0.39, 0.29) is 10.5 Å². The summed E-state index contributed by atoms with van der Waals surface area (Å²) in [7, 11) is -3.84. The Hall–Kier alpha value is -3.65. The molecular weight excluding hydrogens is 462 g/mol. The first kappa shape index (κ1) is 24.0. The number of hydrogen-bond donors (Lipinski definition) is 2. The van der Waals surface area contributed by atoms with E-state index in [4.69, 9.17) is 9.88 Å². The van der Waals surface area contributed by atoms with Crippen molar-refractivity contribution in [1.82, 2.24) is 0 Å². The number of rotatable bonds is 7. The van der Waals surface area contributed by atoms with Crippen LogP contribution in [-0.4, -0.2) is 26.4 Å². The highest BCUT2D eigenvalue weighted by molar-refractivity contribution is 7.99. The average molecular weight is 482 g/mol. The molecule has 0 aliphatic carbocycles. The van der Waals surface area contributed by atoms with Crippen LogP contribution < -0.4 is 10.5 Å². The summed E-state index contributed by atoms with van der Waals surface area (Å²) < 4.78 is 28.0. The van der Waals surface area contributed by atoms with Crippen molar-refractivity contribution in [2.24, 2.45) is 5.14 Å². The summed E-state index contributed by atoms with van der Waals surface area (Å²) >= 11 is 1.25. The minimum absolute atomic E-state index is 0.0907. The SMILES string of the molecule is CC(OC(=O)c1ccccc1Sc1ccccc1C#N)C(=O)Nc1ccc(S(N)(=O)=O)cc1. The van der Waals surface area contributed by atoms with Crippen LogP contribution in [0.3, 0.4) is 0 Å². The summed E-state index contributed by atoms with van der Waals surface area (Å²) in [4.78, 5) is 26.4. The first-order valence-electron chi connectivity index (χ1n) is 9.60. The number of nitriles is 1. The molecule has 3 aromatic rings. The van der Waals surface area contributed by atoms with E-state index in [1.165, 1.54) is 43.0 Å². The summed E-state index contributed by atoms with van der Waals surface area (Å²) in [6.07, 6.45) is -1.13. The summed E-state index contributed by atoms with van der Waals surface area (Å²) in [6, 6.07) is 21.2. The van der Waals surface area contributed by atoms with Crippen molar-refractivity contribution in [2.45, 2.75) is 27.7 Å². The molecule has 1 atom stereocenters. The molecule has 0 bridgehead atoms. The van der Waals surface area contributed by atoms with Gasteiger partial charge in [0.2, 0.25) is 10.0 Å².